The summed E-state index contributed by atoms with van der Waals surface area (Å²) in [6, 6.07) is 16.8. The largest absolute Gasteiger partial charge is 0.401 e. The van der Waals surface area contributed by atoms with Gasteiger partial charge in [0.2, 0.25) is 5.91 Å². The van der Waals surface area contributed by atoms with E-state index in [1.807, 2.05) is 29.4 Å². The van der Waals surface area contributed by atoms with Crippen LogP contribution in [-0.2, 0) is 10.3 Å². The Hall–Kier alpha value is -3.13. The summed E-state index contributed by atoms with van der Waals surface area (Å²) >= 11 is 0. The summed E-state index contributed by atoms with van der Waals surface area (Å²) in [4.78, 5) is 19.8. The van der Waals surface area contributed by atoms with Gasteiger partial charge in [-0.25, -0.2) is 4.98 Å². The van der Waals surface area contributed by atoms with Gasteiger partial charge in [-0.1, -0.05) is 54.1 Å². The minimum Gasteiger partial charge on any atom is -0.343 e. The lowest BCUT2D eigenvalue weighted by atomic mass is 9.79. The zero-order valence-electron chi connectivity index (χ0n) is 20.4. The Morgan fingerprint density at radius 3 is 2.56 bits per heavy atom. The molecule has 36 heavy (non-hydrogen) atoms. The topological polar surface area (TPSA) is 50.2 Å². The number of aromatic nitrogens is 2. The van der Waals surface area contributed by atoms with Gasteiger partial charge in [0.05, 0.1) is 12.1 Å². The summed E-state index contributed by atoms with van der Waals surface area (Å²) in [6.45, 7) is 2.60. The predicted molar refractivity (Wildman–Crippen MR) is 132 cm³/mol. The van der Waals surface area contributed by atoms with Crippen LogP contribution < -0.4 is 5.32 Å². The number of nitrogens with zero attached hydrogens (tertiary/aromatic N) is 3. The van der Waals surface area contributed by atoms with Gasteiger partial charge in [-0.3, -0.25) is 4.79 Å². The van der Waals surface area contributed by atoms with Gasteiger partial charge in [-0.15, -0.1) is 0 Å². The van der Waals surface area contributed by atoms with E-state index in [1.54, 1.807) is 0 Å². The number of hydrogen-bond donors (Lipinski definition) is 1. The molecule has 1 atom stereocenters. The molecule has 0 radical (unpaired) electrons. The van der Waals surface area contributed by atoms with Gasteiger partial charge in [0.15, 0.2) is 0 Å². The molecule has 1 amide bonds. The predicted octanol–water partition coefficient (Wildman–Crippen LogP) is 5.13. The van der Waals surface area contributed by atoms with Crippen LogP contribution >= 0.6 is 0 Å². The van der Waals surface area contributed by atoms with Gasteiger partial charge in [0.25, 0.3) is 0 Å². The quantitative estimate of drug-likeness (QED) is 0.493. The number of nitrogens with one attached hydrogen (secondary N) is 1. The summed E-state index contributed by atoms with van der Waals surface area (Å²) in [6.07, 6.45) is 2.02. The molecule has 3 aromatic rings. The van der Waals surface area contributed by atoms with Crippen LogP contribution in [0.4, 0.5) is 13.2 Å². The monoisotopic (exact) mass is 496 g/mol. The Labute approximate surface area is 209 Å². The Balaban J connectivity index is 1.31. The molecule has 8 heteroatoms. The molecule has 0 spiro atoms. The molecule has 2 aromatic carbocycles. The van der Waals surface area contributed by atoms with Gasteiger partial charge in [-0.2, -0.15) is 13.2 Å². The molecule has 0 aliphatic carbocycles. The fraction of sp³-hybridized carbons (Fsp3) is 0.429. The number of fused-ring (bicyclic) bond motifs is 3. The lowest BCUT2D eigenvalue weighted by molar-refractivity contribution is -0.133. The molecule has 2 aliphatic rings. The maximum absolute atomic E-state index is 13.3. The van der Waals surface area contributed by atoms with E-state index in [9.17, 15) is 18.0 Å². The number of imidazole rings is 1. The molecule has 5 rings (SSSR count). The van der Waals surface area contributed by atoms with Crippen LogP contribution in [0.15, 0.2) is 60.9 Å². The lowest BCUT2D eigenvalue weighted by Gasteiger charge is -2.36. The molecule has 2 aliphatic heterocycles. The standard InChI is InChI=1S/C28H31F3N4O/c1-20-6-8-22(9-7-20)27(24-5-3-2-4-23(24)26-33-14-17-35(26)27)13-10-25(36)34-15-11-21(12-16-34)18-32-19-28(29,30)31/h2-9,14,17,21,32H,10-13,15-16,18-19H2,1H3. The summed E-state index contributed by atoms with van der Waals surface area (Å²) in [5, 5.41) is 2.51. The average Bonchev–Trinajstić information content (AvgIpc) is 3.44. The van der Waals surface area contributed by atoms with Gasteiger partial charge in [0.1, 0.15) is 5.82 Å². The van der Waals surface area contributed by atoms with Crippen molar-refractivity contribution in [3.63, 3.8) is 0 Å². The number of carbonyl (C=O) groups excluding carboxylic acids is 1. The van der Waals surface area contributed by atoms with Gasteiger partial charge in [-0.05, 0) is 49.8 Å². The fourth-order valence-corrected chi connectivity index (χ4v) is 5.75. The van der Waals surface area contributed by atoms with E-state index < -0.39 is 18.3 Å². The van der Waals surface area contributed by atoms with Crippen molar-refractivity contribution in [2.45, 2.75) is 44.3 Å². The van der Waals surface area contributed by atoms with Crippen molar-refractivity contribution in [1.82, 2.24) is 19.8 Å². The van der Waals surface area contributed by atoms with Crippen LogP contribution in [-0.4, -0.2) is 52.7 Å². The maximum Gasteiger partial charge on any atom is 0.401 e. The lowest BCUT2D eigenvalue weighted by Crippen LogP contribution is -2.42. The number of piperidine rings is 1. The fourth-order valence-electron chi connectivity index (χ4n) is 5.75. The highest BCUT2D eigenvalue weighted by atomic mass is 19.4. The zero-order chi connectivity index (χ0) is 25.3. The molecule has 0 bridgehead atoms. The van der Waals surface area contributed by atoms with Gasteiger partial charge in [0, 0.05) is 37.5 Å². The van der Waals surface area contributed by atoms with Crippen molar-refractivity contribution in [3.05, 3.63) is 77.6 Å². The van der Waals surface area contributed by atoms with Crippen molar-refractivity contribution < 1.29 is 18.0 Å². The van der Waals surface area contributed by atoms with Crippen LogP contribution in [0.25, 0.3) is 11.4 Å². The van der Waals surface area contributed by atoms with E-state index in [0.717, 1.165) is 22.5 Å². The minimum atomic E-state index is -4.20. The average molecular weight is 497 g/mol. The molecule has 190 valence electrons. The molecule has 3 heterocycles. The number of likely N-dealkylation sites (tertiary alicyclic amines) is 1. The van der Waals surface area contributed by atoms with Gasteiger partial charge < -0.3 is 14.8 Å². The smallest absolute Gasteiger partial charge is 0.343 e. The number of carbonyl (C=O) groups is 1. The highest BCUT2D eigenvalue weighted by Crippen LogP contribution is 2.49. The highest BCUT2D eigenvalue weighted by molar-refractivity contribution is 5.77. The zero-order valence-corrected chi connectivity index (χ0v) is 20.4. The second kappa shape index (κ2) is 9.73. The van der Waals surface area contributed by atoms with Gasteiger partial charge >= 0.3 is 6.18 Å². The molecule has 1 aromatic heterocycles. The molecule has 0 saturated carbocycles. The van der Waals surface area contributed by atoms with E-state index in [4.69, 9.17) is 0 Å². The number of amides is 1. The Morgan fingerprint density at radius 2 is 1.83 bits per heavy atom. The first-order valence-electron chi connectivity index (χ1n) is 12.5. The summed E-state index contributed by atoms with van der Waals surface area (Å²) in [5.41, 5.74) is 4.02. The normalized spacial score (nSPS) is 19.8. The second-order valence-corrected chi connectivity index (χ2v) is 9.96. The number of hydrogen-bond acceptors (Lipinski definition) is 3. The van der Waals surface area contributed by atoms with E-state index >= 15 is 0 Å². The first-order valence-corrected chi connectivity index (χ1v) is 12.5. The molecule has 1 fully saturated rings. The van der Waals surface area contributed by atoms with E-state index in [2.05, 4.69) is 58.2 Å². The maximum atomic E-state index is 13.3. The Morgan fingerprint density at radius 1 is 1.11 bits per heavy atom. The third kappa shape index (κ3) is 4.66. The van der Waals surface area contributed by atoms with Crippen molar-refractivity contribution >= 4 is 5.91 Å². The highest BCUT2D eigenvalue weighted by Gasteiger charge is 2.45. The van der Waals surface area contributed by atoms with Crippen molar-refractivity contribution in [2.75, 3.05) is 26.2 Å². The molecular weight excluding hydrogens is 465 g/mol. The van der Waals surface area contributed by atoms with Crippen LogP contribution in [0.3, 0.4) is 0 Å². The number of aryl methyl sites for hydroxylation is 1. The number of benzene rings is 2. The number of alkyl halides is 3. The van der Waals surface area contributed by atoms with Crippen molar-refractivity contribution in [2.24, 2.45) is 5.92 Å². The van der Waals surface area contributed by atoms with E-state index in [0.29, 0.717) is 45.3 Å². The van der Waals surface area contributed by atoms with Crippen molar-refractivity contribution in [1.29, 1.82) is 0 Å². The van der Waals surface area contributed by atoms with Crippen LogP contribution in [0.2, 0.25) is 0 Å². The molecular formula is C28H31F3N4O. The Bertz CT molecular complexity index is 1210. The Kier molecular flexibility index (Phi) is 6.64. The summed E-state index contributed by atoms with van der Waals surface area (Å²) in [7, 11) is 0. The third-order valence-corrected chi connectivity index (χ3v) is 7.62. The van der Waals surface area contributed by atoms with Crippen molar-refractivity contribution in [3.8, 4) is 11.4 Å². The van der Waals surface area contributed by atoms with E-state index in [-0.39, 0.29) is 11.8 Å². The molecule has 5 nitrogen and oxygen atoms in total. The molecule has 1 unspecified atom stereocenters. The summed E-state index contributed by atoms with van der Waals surface area (Å²) < 4.78 is 39.4. The number of rotatable bonds is 7. The third-order valence-electron chi connectivity index (χ3n) is 7.62. The SMILES string of the molecule is Cc1ccc(C2(CCC(=O)N3CCC(CNCC(F)(F)F)CC3)c3ccccc3-c3nccn32)cc1. The number of halogens is 3. The summed E-state index contributed by atoms with van der Waals surface area (Å²) in [5.74, 6) is 1.16. The van der Waals surface area contributed by atoms with Crippen LogP contribution in [0, 0.1) is 12.8 Å². The first kappa shape index (κ1) is 24.6. The van der Waals surface area contributed by atoms with Crippen LogP contribution in [0.1, 0.15) is 42.4 Å². The minimum absolute atomic E-state index is 0.0919. The second-order valence-electron chi connectivity index (χ2n) is 9.96. The van der Waals surface area contributed by atoms with Crippen LogP contribution in [0.5, 0.6) is 0 Å². The molecule has 1 saturated heterocycles. The van der Waals surface area contributed by atoms with E-state index in [1.165, 1.54) is 5.56 Å². The first-order chi connectivity index (χ1) is 17.3. The molecule has 1 N–H and O–H groups in total.